The Bertz CT molecular complexity index is 992. The summed E-state index contributed by atoms with van der Waals surface area (Å²) in [5.41, 5.74) is 4.15. The molecule has 0 aliphatic heterocycles. The molecule has 0 fully saturated rings. The summed E-state index contributed by atoms with van der Waals surface area (Å²) in [4.78, 5) is 17.1. The lowest BCUT2D eigenvalue weighted by Crippen LogP contribution is -2.28. The summed E-state index contributed by atoms with van der Waals surface area (Å²) < 4.78 is 13.8. The van der Waals surface area contributed by atoms with Crippen LogP contribution in [0, 0.1) is 5.82 Å². The number of halogens is 2. The Labute approximate surface area is 173 Å². The SMILES string of the molecule is O=C(NCc1csc(C(=Nc2cccc(Br)c2)NO)c1)Nc1ccc(F)cc1. The van der Waals surface area contributed by atoms with E-state index in [0.29, 0.717) is 23.8 Å². The van der Waals surface area contributed by atoms with Gasteiger partial charge in [-0.25, -0.2) is 14.2 Å². The molecule has 3 rings (SSSR count). The third-order valence-electron chi connectivity index (χ3n) is 3.60. The van der Waals surface area contributed by atoms with Gasteiger partial charge in [0, 0.05) is 16.7 Å². The number of aliphatic imine (C=N–C) groups is 1. The predicted molar refractivity (Wildman–Crippen MR) is 112 cm³/mol. The number of benzene rings is 2. The first-order chi connectivity index (χ1) is 13.5. The normalized spacial score (nSPS) is 11.2. The standard InChI is InChI=1S/C19H16BrFN4O2S/c20-13-2-1-3-16(9-13)23-18(25-27)17-8-12(11-28-17)10-22-19(26)24-15-6-4-14(21)5-7-15/h1-9,11,27H,10H2,(H,23,25)(H2,22,24,26). The first-order valence-corrected chi connectivity index (χ1v) is 9.83. The van der Waals surface area contributed by atoms with E-state index in [1.54, 1.807) is 0 Å². The second-order valence-electron chi connectivity index (χ2n) is 5.69. The van der Waals surface area contributed by atoms with Gasteiger partial charge in [0.05, 0.1) is 10.6 Å². The van der Waals surface area contributed by atoms with Crippen molar-refractivity contribution in [3.63, 3.8) is 0 Å². The van der Waals surface area contributed by atoms with Gasteiger partial charge in [0.2, 0.25) is 0 Å². The molecule has 0 saturated carbocycles. The van der Waals surface area contributed by atoms with Crippen LogP contribution in [0.4, 0.5) is 20.6 Å². The lowest BCUT2D eigenvalue weighted by molar-refractivity contribution is 0.235. The summed E-state index contributed by atoms with van der Waals surface area (Å²) in [6.45, 7) is 0.291. The van der Waals surface area contributed by atoms with Crippen LogP contribution in [0.15, 0.2) is 69.4 Å². The molecule has 0 radical (unpaired) electrons. The molecule has 9 heteroatoms. The number of hydroxylamine groups is 1. The largest absolute Gasteiger partial charge is 0.334 e. The third kappa shape index (κ3) is 5.62. The average Bonchev–Trinajstić information content (AvgIpc) is 3.15. The van der Waals surface area contributed by atoms with E-state index in [2.05, 4.69) is 37.0 Å². The van der Waals surface area contributed by atoms with Crippen LogP contribution in [-0.4, -0.2) is 17.1 Å². The van der Waals surface area contributed by atoms with Crippen molar-refractivity contribution in [3.05, 3.63) is 80.7 Å². The fourth-order valence-electron chi connectivity index (χ4n) is 2.29. The number of hydrogen-bond donors (Lipinski definition) is 4. The number of anilines is 1. The van der Waals surface area contributed by atoms with E-state index >= 15 is 0 Å². The van der Waals surface area contributed by atoms with Crippen molar-refractivity contribution in [1.29, 1.82) is 0 Å². The van der Waals surface area contributed by atoms with E-state index in [0.717, 1.165) is 14.9 Å². The van der Waals surface area contributed by atoms with E-state index in [4.69, 9.17) is 0 Å². The van der Waals surface area contributed by atoms with Crippen molar-refractivity contribution < 1.29 is 14.4 Å². The second-order valence-corrected chi connectivity index (χ2v) is 7.51. The number of rotatable bonds is 5. The summed E-state index contributed by atoms with van der Waals surface area (Å²) in [7, 11) is 0. The fraction of sp³-hybridized carbons (Fsp3) is 0.0526. The molecule has 1 heterocycles. The summed E-state index contributed by atoms with van der Waals surface area (Å²) >= 11 is 4.77. The monoisotopic (exact) mass is 462 g/mol. The summed E-state index contributed by atoms with van der Waals surface area (Å²) in [6.07, 6.45) is 0. The molecular formula is C19H16BrFN4O2S. The van der Waals surface area contributed by atoms with Gasteiger partial charge in [-0.15, -0.1) is 11.3 Å². The molecular weight excluding hydrogens is 447 g/mol. The maximum Gasteiger partial charge on any atom is 0.319 e. The number of carbonyl (C=O) groups is 1. The molecule has 1 aromatic heterocycles. The Hall–Kier alpha value is -2.75. The number of carbonyl (C=O) groups excluding carboxylic acids is 1. The van der Waals surface area contributed by atoms with Crippen molar-refractivity contribution in [1.82, 2.24) is 10.8 Å². The molecule has 3 aromatic rings. The number of nitrogens with one attached hydrogen (secondary N) is 3. The number of amides is 2. The van der Waals surface area contributed by atoms with Gasteiger partial charge in [-0.05, 0) is 59.5 Å². The quantitative estimate of drug-likeness (QED) is 0.243. The van der Waals surface area contributed by atoms with Gasteiger partial charge < -0.3 is 10.6 Å². The lowest BCUT2D eigenvalue weighted by Gasteiger charge is -2.06. The van der Waals surface area contributed by atoms with Crippen molar-refractivity contribution in [2.24, 2.45) is 4.99 Å². The van der Waals surface area contributed by atoms with E-state index in [1.165, 1.54) is 35.6 Å². The van der Waals surface area contributed by atoms with Gasteiger partial charge in [0.25, 0.3) is 0 Å². The number of urea groups is 1. The Morgan fingerprint density at radius 3 is 2.68 bits per heavy atom. The maximum absolute atomic E-state index is 12.9. The van der Waals surface area contributed by atoms with Gasteiger partial charge in [0.15, 0.2) is 5.84 Å². The summed E-state index contributed by atoms with van der Waals surface area (Å²) in [6, 6.07) is 14.3. The molecule has 0 aliphatic rings. The molecule has 4 N–H and O–H groups in total. The van der Waals surface area contributed by atoms with E-state index in [1.807, 2.05) is 35.7 Å². The molecule has 0 spiro atoms. The van der Waals surface area contributed by atoms with Crippen LogP contribution in [0.25, 0.3) is 0 Å². The second kappa shape index (κ2) is 9.45. The molecule has 0 saturated heterocycles. The van der Waals surface area contributed by atoms with E-state index in [-0.39, 0.29) is 5.82 Å². The van der Waals surface area contributed by atoms with Crippen molar-refractivity contribution in [2.75, 3.05) is 5.32 Å². The Morgan fingerprint density at radius 2 is 1.96 bits per heavy atom. The van der Waals surface area contributed by atoms with Crippen LogP contribution in [-0.2, 0) is 6.54 Å². The van der Waals surface area contributed by atoms with Gasteiger partial charge in [0.1, 0.15) is 5.82 Å². The zero-order valence-corrected chi connectivity index (χ0v) is 16.8. The number of amidine groups is 1. The van der Waals surface area contributed by atoms with Crippen molar-refractivity contribution >= 4 is 50.5 Å². The highest BCUT2D eigenvalue weighted by Gasteiger charge is 2.09. The molecule has 2 aromatic carbocycles. The number of hydrogen-bond acceptors (Lipinski definition) is 4. The average molecular weight is 463 g/mol. The topological polar surface area (TPSA) is 85.8 Å². The Kier molecular flexibility index (Phi) is 6.75. The van der Waals surface area contributed by atoms with Gasteiger partial charge in [-0.2, -0.15) is 0 Å². The number of thiophene rings is 1. The zero-order chi connectivity index (χ0) is 19.9. The number of nitrogens with zero attached hydrogens (tertiary/aromatic N) is 1. The summed E-state index contributed by atoms with van der Waals surface area (Å²) in [5, 5.41) is 16.6. The molecule has 0 bridgehead atoms. The van der Waals surface area contributed by atoms with Crippen molar-refractivity contribution in [2.45, 2.75) is 6.54 Å². The first-order valence-electron chi connectivity index (χ1n) is 8.16. The van der Waals surface area contributed by atoms with E-state index in [9.17, 15) is 14.4 Å². The molecule has 0 aliphatic carbocycles. The highest BCUT2D eigenvalue weighted by atomic mass is 79.9. The minimum atomic E-state index is -0.400. The Morgan fingerprint density at radius 1 is 1.18 bits per heavy atom. The molecule has 2 amide bonds. The molecule has 144 valence electrons. The first kappa shape index (κ1) is 20.0. The summed E-state index contributed by atoms with van der Waals surface area (Å²) in [5.74, 6) is -0.0558. The van der Waals surface area contributed by atoms with Crippen LogP contribution in [0.2, 0.25) is 0 Å². The lowest BCUT2D eigenvalue weighted by atomic mass is 10.3. The van der Waals surface area contributed by atoms with Crippen molar-refractivity contribution in [3.8, 4) is 0 Å². The van der Waals surface area contributed by atoms with Crippen LogP contribution in [0.5, 0.6) is 0 Å². The minimum absolute atomic E-state index is 0.291. The van der Waals surface area contributed by atoms with Crippen LogP contribution in [0.3, 0.4) is 0 Å². The maximum atomic E-state index is 12.9. The minimum Gasteiger partial charge on any atom is -0.334 e. The molecule has 0 atom stereocenters. The van der Waals surface area contributed by atoms with Gasteiger partial charge in [-0.3, -0.25) is 10.7 Å². The third-order valence-corrected chi connectivity index (χ3v) is 5.08. The van der Waals surface area contributed by atoms with E-state index < -0.39 is 6.03 Å². The highest BCUT2D eigenvalue weighted by Crippen LogP contribution is 2.21. The van der Waals surface area contributed by atoms with Crippen LogP contribution in [0.1, 0.15) is 10.4 Å². The van der Waals surface area contributed by atoms with Crippen LogP contribution < -0.4 is 16.1 Å². The fourth-order valence-corrected chi connectivity index (χ4v) is 3.53. The van der Waals surface area contributed by atoms with Gasteiger partial charge in [-0.1, -0.05) is 22.0 Å². The van der Waals surface area contributed by atoms with Crippen LogP contribution >= 0.6 is 27.3 Å². The molecule has 6 nitrogen and oxygen atoms in total. The zero-order valence-electron chi connectivity index (χ0n) is 14.4. The highest BCUT2D eigenvalue weighted by molar-refractivity contribution is 9.10. The Balaban J connectivity index is 1.61. The molecule has 28 heavy (non-hydrogen) atoms. The van der Waals surface area contributed by atoms with Gasteiger partial charge >= 0.3 is 6.03 Å². The molecule has 0 unspecified atom stereocenters. The smallest absolute Gasteiger partial charge is 0.319 e. The predicted octanol–water partition coefficient (Wildman–Crippen LogP) is 5.03.